The first-order valence-corrected chi connectivity index (χ1v) is 6.34. The van der Waals surface area contributed by atoms with Crippen molar-refractivity contribution in [2.75, 3.05) is 11.9 Å². The maximum Gasteiger partial charge on any atom is 0.262 e. The highest BCUT2D eigenvalue weighted by Crippen LogP contribution is 2.18. The van der Waals surface area contributed by atoms with Crippen LogP contribution in [-0.4, -0.2) is 18.3 Å². The molecule has 0 aromatic heterocycles. The number of carbonyl (C=O) groups excluding carboxylic acids is 2. The van der Waals surface area contributed by atoms with Gasteiger partial charge >= 0.3 is 0 Å². The molecule has 0 spiro atoms. The van der Waals surface area contributed by atoms with E-state index in [4.69, 9.17) is 4.74 Å². The lowest BCUT2D eigenvalue weighted by Gasteiger charge is -2.08. The summed E-state index contributed by atoms with van der Waals surface area (Å²) in [6.07, 6.45) is 0. The van der Waals surface area contributed by atoms with Crippen molar-refractivity contribution in [2.24, 2.45) is 0 Å². The van der Waals surface area contributed by atoms with Crippen molar-refractivity contribution in [1.29, 1.82) is 0 Å². The van der Waals surface area contributed by atoms with Gasteiger partial charge in [-0.15, -0.1) is 0 Å². The van der Waals surface area contributed by atoms with Crippen LogP contribution in [0.4, 0.5) is 10.1 Å². The van der Waals surface area contributed by atoms with Crippen molar-refractivity contribution in [3.8, 4) is 5.75 Å². The van der Waals surface area contributed by atoms with Crippen LogP contribution in [0.1, 0.15) is 17.3 Å². The van der Waals surface area contributed by atoms with Gasteiger partial charge in [-0.2, -0.15) is 0 Å². The summed E-state index contributed by atoms with van der Waals surface area (Å²) >= 11 is 0. The van der Waals surface area contributed by atoms with Gasteiger partial charge in [0.25, 0.3) is 5.91 Å². The van der Waals surface area contributed by atoms with Crippen LogP contribution in [-0.2, 0) is 4.79 Å². The van der Waals surface area contributed by atoms with Crippen LogP contribution < -0.4 is 10.1 Å². The quantitative estimate of drug-likeness (QED) is 0.860. The Balaban J connectivity index is 1.94. The van der Waals surface area contributed by atoms with Crippen LogP contribution in [0, 0.1) is 5.82 Å². The van der Waals surface area contributed by atoms with E-state index >= 15 is 0 Å². The Morgan fingerprint density at radius 2 is 1.86 bits per heavy atom. The number of ketones is 1. The van der Waals surface area contributed by atoms with Crippen molar-refractivity contribution >= 4 is 17.4 Å². The molecule has 1 N–H and O–H groups in total. The van der Waals surface area contributed by atoms with E-state index < -0.39 is 11.7 Å². The maximum atomic E-state index is 13.7. The zero-order chi connectivity index (χ0) is 15.2. The second kappa shape index (κ2) is 6.65. The van der Waals surface area contributed by atoms with Gasteiger partial charge in [0.05, 0.1) is 0 Å². The number of anilines is 1. The Morgan fingerprint density at radius 1 is 1.14 bits per heavy atom. The summed E-state index contributed by atoms with van der Waals surface area (Å²) in [6.45, 7) is 1.04. The summed E-state index contributed by atoms with van der Waals surface area (Å²) in [5.74, 6) is -1.36. The average molecular weight is 287 g/mol. The van der Waals surface area contributed by atoms with Crippen molar-refractivity contribution in [3.63, 3.8) is 0 Å². The molecule has 2 aromatic rings. The molecular formula is C16H14FNO3. The highest BCUT2D eigenvalue weighted by Gasteiger charge is 2.09. The number of rotatable bonds is 5. The molecule has 0 aliphatic carbocycles. The Kier molecular flexibility index (Phi) is 4.66. The molecule has 0 fully saturated rings. The van der Waals surface area contributed by atoms with Crippen molar-refractivity contribution in [1.82, 2.24) is 0 Å². The molecule has 0 aliphatic heterocycles. The largest absolute Gasteiger partial charge is 0.481 e. The monoisotopic (exact) mass is 287 g/mol. The van der Waals surface area contributed by atoms with Crippen LogP contribution in [0.2, 0.25) is 0 Å². The van der Waals surface area contributed by atoms with Crippen molar-refractivity contribution in [2.45, 2.75) is 6.92 Å². The molecule has 1 amide bonds. The molecular weight excluding hydrogens is 273 g/mol. The Morgan fingerprint density at radius 3 is 2.48 bits per heavy atom. The van der Waals surface area contributed by atoms with Gasteiger partial charge in [-0.25, -0.2) is 4.39 Å². The first-order chi connectivity index (χ1) is 10.1. The molecule has 5 heteroatoms. The number of halogens is 1. The SMILES string of the molecule is CC(=O)c1ccc(OCC(=O)Nc2ccccc2)c(F)c1. The Bertz CT molecular complexity index is 656. The molecule has 0 radical (unpaired) electrons. The standard InChI is InChI=1S/C16H14FNO3/c1-11(19)12-7-8-15(14(17)9-12)21-10-16(20)18-13-5-3-2-4-6-13/h2-9H,10H2,1H3,(H,18,20). The molecule has 108 valence electrons. The van der Waals surface area contributed by atoms with E-state index in [1.54, 1.807) is 24.3 Å². The van der Waals surface area contributed by atoms with Gasteiger partial charge < -0.3 is 10.1 Å². The molecule has 0 heterocycles. The fourth-order valence-corrected chi connectivity index (χ4v) is 1.70. The number of para-hydroxylation sites is 1. The van der Waals surface area contributed by atoms with Crippen molar-refractivity contribution in [3.05, 3.63) is 59.9 Å². The van der Waals surface area contributed by atoms with Gasteiger partial charge in [-0.3, -0.25) is 9.59 Å². The lowest BCUT2D eigenvalue weighted by Crippen LogP contribution is -2.20. The number of nitrogens with one attached hydrogen (secondary N) is 1. The van der Waals surface area contributed by atoms with E-state index in [0.717, 1.165) is 6.07 Å². The first-order valence-electron chi connectivity index (χ1n) is 6.34. The third-order valence-electron chi connectivity index (χ3n) is 2.75. The maximum absolute atomic E-state index is 13.7. The summed E-state index contributed by atoms with van der Waals surface area (Å²) in [6, 6.07) is 12.8. The number of carbonyl (C=O) groups is 2. The van der Waals surface area contributed by atoms with Crippen LogP contribution in [0.5, 0.6) is 5.75 Å². The topological polar surface area (TPSA) is 55.4 Å². The minimum absolute atomic E-state index is 0.0665. The van der Waals surface area contributed by atoms with E-state index in [1.165, 1.54) is 19.1 Å². The molecule has 2 aromatic carbocycles. The zero-order valence-corrected chi connectivity index (χ0v) is 11.4. The first kappa shape index (κ1) is 14.7. The smallest absolute Gasteiger partial charge is 0.262 e. The van der Waals surface area contributed by atoms with Gasteiger partial charge in [0.15, 0.2) is 24.0 Å². The second-order valence-corrected chi connectivity index (χ2v) is 4.40. The normalized spacial score (nSPS) is 10.0. The van der Waals surface area contributed by atoms with E-state index in [0.29, 0.717) is 5.69 Å². The highest BCUT2D eigenvalue weighted by atomic mass is 19.1. The minimum Gasteiger partial charge on any atom is -0.481 e. The van der Waals surface area contributed by atoms with Gasteiger partial charge in [0, 0.05) is 11.3 Å². The lowest BCUT2D eigenvalue weighted by atomic mass is 10.1. The van der Waals surface area contributed by atoms with Gasteiger partial charge in [0.1, 0.15) is 0 Å². The zero-order valence-electron chi connectivity index (χ0n) is 11.4. The second-order valence-electron chi connectivity index (χ2n) is 4.40. The van der Waals surface area contributed by atoms with Crippen LogP contribution in [0.25, 0.3) is 0 Å². The summed E-state index contributed by atoms with van der Waals surface area (Å²) in [5, 5.41) is 2.62. The third-order valence-corrected chi connectivity index (χ3v) is 2.75. The molecule has 0 atom stereocenters. The molecule has 21 heavy (non-hydrogen) atoms. The van der Waals surface area contributed by atoms with Crippen molar-refractivity contribution < 1.29 is 18.7 Å². The predicted octanol–water partition coefficient (Wildman–Crippen LogP) is 3.05. The fourth-order valence-electron chi connectivity index (χ4n) is 1.70. The van der Waals surface area contributed by atoms with E-state index in [-0.39, 0.29) is 23.7 Å². The number of ether oxygens (including phenoxy) is 1. The van der Waals surface area contributed by atoms with E-state index in [9.17, 15) is 14.0 Å². The summed E-state index contributed by atoms with van der Waals surface area (Å²) in [4.78, 5) is 22.8. The summed E-state index contributed by atoms with van der Waals surface area (Å²) < 4.78 is 18.8. The number of Topliss-reactive ketones (excluding diaryl/α,β-unsaturated/α-hetero) is 1. The number of benzene rings is 2. The van der Waals surface area contributed by atoms with Crippen LogP contribution in [0.3, 0.4) is 0 Å². The molecule has 0 bridgehead atoms. The molecule has 2 rings (SSSR count). The van der Waals surface area contributed by atoms with Gasteiger partial charge in [0.2, 0.25) is 0 Å². The summed E-state index contributed by atoms with van der Waals surface area (Å²) in [5.41, 5.74) is 0.895. The van der Waals surface area contributed by atoms with Crippen LogP contribution >= 0.6 is 0 Å². The number of hydrogen-bond donors (Lipinski definition) is 1. The third kappa shape index (κ3) is 4.14. The van der Waals surface area contributed by atoms with Crippen LogP contribution in [0.15, 0.2) is 48.5 Å². The van der Waals surface area contributed by atoms with Gasteiger partial charge in [-0.1, -0.05) is 18.2 Å². The van der Waals surface area contributed by atoms with Gasteiger partial charge in [-0.05, 0) is 37.3 Å². The average Bonchev–Trinajstić information content (AvgIpc) is 2.47. The van der Waals surface area contributed by atoms with E-state index in [1.807, 2.05) is 6.07 Å². The molecule has 0 aliphatic rings. The molecule has 0 unspecified atom stereocenters. The number of hydrogen-bond acceptors (Lipinski definition) is 3. The molecule has 0 saturated carbocycles. The lowest BCUT2D eigenvalue weighted by molar-refractivity contribution is -0.118. The molecule has 0 saturated heterocycles. The Hall–Kier alpha value is -2.69. The molecule has 4 nitrogen and oxygen atoms in total. The number of amides is 1. The predicted molar refractivity (Wildman–Crippen MR) is 77.0 cm³/mol. The highest BCUT2D eigenvalue weighted by molar-refractivity contribution is 5.94. The minimum atomic E-state index is -0.671. The van der Waals surface area contributed by atoms with E-state index in [2.05, 4.69) is 5.32 Å². The fraction of sp³-hybridized carbons (Fsp3) is 0.125. The Labute approximate surface area is 121 Å². The summed E-state index contributed by atoms with van der Waals surface area (Å²) in [7, 11) is 0.